The molecule has 0 saturated carbocycles. The van der Waals surface area contributed by atoms with Crippen LogP contribution in [0.4, 0.5) is 0 Å². The molecule has 0 aromatic heterocycles. The van der Waals surface area contributed by atoms with Crippen LogP contribution in [-0.2, 0) is 59.2 Å². The van der Waals surface area contributed by atoms with Crippen LogP contribution in [-0.4, -0.2) is 159 Å². The molecule has 13 N–H and O–H groups in total. The predicted octanol–water partition coefficient (Wildman–Crippen LogP) is -5.20. The highest BCUT2D eigenvalue weighted by molar-refractivity contribution is 5.99. The summed E-state index contributed by atoms with van der Waals surface area (Å²) in [6.45, 7) is 0.700. The second-order valence-corrected chi connectivity index (χ2v) is 14.5. The van der Waals surface area contributed by atoms with Crippen molar-refractivity contribution in [2.24, 2.45) is 5.73 Å². The number of nitrogens with one attached hydrogen (secondary N) is 7. The Kier molecular flexibility index (Phi) is 18.5. The second-order valence-electron chi connectivity index (χ2n) is 14.5. The zero-order chi connectivity index (χ0) is 45.4. The van der Waals surface area contributed by atoms with Gasteiger partial charge in [-0.2, -0.15) is 0 Å². The first-order valence-corrected chi connectivity index (χ1v) is 19.3. The molecular formula is C37H51N9O15. The molecule has 2 heterocycles. The summed E-state index contributed by atoms with van der Waals surface area (Å²) in [7, 11) is 0. The van der Waals surface area contributed by atoms with Crippen molar-refractivity contribution in [2.45, 2.75) is 107 Å². The summed E-state index contributed by atoms with van der Waals surface area (Å²) in [6.07, 6.45) is -3.02. The topological polar surface area (TPSA) is 382 Å². The summed E-state index contributed by atoms with van der Waals surface area (Å²) < 4.78 is 0. The molecule has 2 saturated heterocycles. The van der Waals surface area contributed by atoms with Gasteiger partial charge in [-0.1, -0.05) is 30.3 Å². The molecule has 61 heavy (non-hydrogen) atoms. The average Bonchev–Trinajstić information content (AvgIpc) is 3.91. The number of primary amides is 1. The lowest BCUT2D eigenvalue weighted by molar-refractivity contribution is -0.150. The summed E-state index contributed by atoms with van der Waals surface area (Å²) in [5.41, 5.74) is 5.73. The normalized spacial score (nSPS) is 18.8. The minimum atomic E-state index is -1.80. The number of aliphatic carboxylic acids is 3. The number of carboxylic acid groups (broad SMARTS) is 3. The Labute approximate surface area is 348 Å². The smallest absolute Gasteiger partial charge is 0.326 e. The van der Waals surface area contributed by atoms with Gasteiger partial charge in [-0.3, -0.25) is 47.9 Å². The van der Waals surface area contributed by atoms with Gasteiger partial charge in [0, 0.05) is 13.0 Å². The molecule has 2 aliphatic rings. The molecule has 8 atom stereocenters. The van der Waals surface area contributed by atoms with E-state index in [1.54, 1.807) is 30.3 Å². The van der Waals surface area contributed by atoms with Gasteiger partial charge < -0.3 is 68.3 Å². The van der Waals surface area contributed by atoms with Crippen molar-refractivity contribution in [3.63, 3.8) is 0 Å². The van der Waals surface area contributed by atoms with E-state index >= 15 is 0 Å². The highest BCUT2D eigenvalue weighted by Gasteiger charge is 2.40. The van der Waals surface area contributed by atoms with Gasteiger partial charge in [0.05, 0.1) is 38.0 Å². The van der Waals surface area contributed by atoms with E-state index in [0.29, 0.717) is 31.4 Å². The first kappa shape index (κ1) is 48.7. The van der Waals surface area contributed by atoms with Crippen molar-refractivity contribution in [2.75, 3.05) is 19.6 Å². The molecule has 0 spiro atoms. The van der Waals surface area contributed by atoms with Gasteiger partial charge in [0.15, 0.2) is 0 Å². The van der Waals surface area contributed by atoms with E-state index in [1.165, 1.54) is 0 Å². The van der Waals surface area contributed by atoms with Crippen LogP contribution < -0.4 is 43.0 Å². The molecule has 2 aliphatic heterocycles. The van der Waals surface area contributed by atoms with Crippen LogP contribution in [0.15, 0.2) is 30.3 Å². The maximum atomic E-state index is 13.7. The molecule has 0 unspecified atom stereocenters. The number of aliphatic hydroxyl groups is 1. The van der Waals surface area contributed by atoms with Crippen LogP contribution in [0.3, 0.4) is 0 Å². The first-order chi connectivity index (χ1) is 28.8. The lowest BCUT2D eigenvalue weighted by Crippen LogP contribution is -2.60. The Hall–Kier alpha value is -6.69. The van der Waals surface area contributed by atoms with Crippen molar-refractivity contribution in [1.29, 1.82) is 0 Å². The van der Waals surface area contributed by atoms with Crippen LogP contribution in [0.25, 0.3) is 0 Å². The highest BCUT2D eigenvalue weighted by Crippen LogP contribution is 2.19. The molecule has 0 aliphatic carbocycles. The van der Waals surface area contributed by atoms with Crippen molar-refractivity contribution in [3.8, 4) is 0 Å². The number of rotatable bonds is 23. The third-order valence-electron chi connectivity index (χ3n) is 9.66. The number of amides is 8. The van der Waals surface area contributed by atoms with E-state index in [-0.39, 0.29) is 19.4 Å². The summed E-state index contributed by atoms with van der Waals surface area (Å²) >= 11 is 0. The van der Waals surface area contributed by atoms with E-state index in [0.717, 1.165) is 11.8 Å². The molecule has 0 radical (unpaired) electrons. The van der Waals surface area contributed by atoms with Crippen molar-refractivity contribution < 1.29 is 73.2 Å². The van der Waals surface area contributed by atoms with E-state index < -0.39 is 139 Å². The maximum absolute atomic E-state index is 13.7. The van der Waals surface area contributed by atoms with Gasteiger partial charge in [-0.15, -0.1) is 0 Å². The molecule has 1 aromatic carbocycles. The van der Waals surface area contributed by atoms with Crippen molar-refractivity contribution in [1.82, 2.24) is 42.1 Å². The fourth-order valence-corrected chi connectivity index (χ4v) is 6.62. The molecule has 334 valence electrons. The quantitative estimate of drug-likeness (QED) is 0.0489. The summed E-state index contributed by atoms with van der Waals surface area (Å²) in [6, 6.07) is -2.38. The van der Waals surface area contributed by atoms with Gasteiger partial charge in [0.2, 0.25) is 47.3 Å². The summed E-state index contributed by atoms with van der Waals surface area (Å²) in [5, 5.41) is 55.2. The van der Waals surface area contributed by atoms with E-state index in [2.05, 4.69) is 37.2 Å². The zero-order valence-corrected chi connectivity index (χ0v) is 33.1. The van der Waals surface area contributed by atoms with E-state index in [4.69, 9.17) is 5.73 Å². The molecule has 24 heteroatoms. The Bertz CT molecular complexity index is 1820. The Morgan fingerprint density at radius 2 is 1.33 bits per heavy atom. The molecule has 0 bridgehead atoms. The van der Waals surface area contributed by atoms with Crippen LogP contribution in [0.2, 0.25) is 0 Å². The zero-order valence-electron chi connectivity index (χ0n) is 33.1. The predicted molar refractivity (Wildman–Crippen MR) is 206 cm³/mol. The maximum Gasteiger partial charge on any atom is 0.326 e. The number of nitrogens with two attached hydrogens (primary N) is 1. The Morgan fingerprint density at radius 3 is 1.90 bits per heavy atom. The minimum Gasteiger partial charge on any atom is -0.481 e. The lowest BCUT2D eigenvalue weighted by Gasteiger charge is -2.29. The third-order valence-corrected chi connectivity index (χ3v) is 9.66. The number of hydrogen-bond donors (Lipinski definition) is 12. The SMILES string of the molecule is C[C@@H](O)[C@H](NC(=O)CNC(=O)[C@H](CC(N)=O)NC(=O)[C@H](CC(=O)O)NC(=O)[C@@H]1CCCN1)C(=O)N[C@@H](Cc1ccccc1)C(=O)N[C@@H](CC(=O)O)C(=O)N1CCC[C@H]1C(=O)O. The van der Waals surface area contributed by atoms with Gasteiger partial charge in [-0.05, 0) is 44.7 Å². The number of nitrogens with zero attached hydrogens (tertiary/aromatic N) is 1. The molecule has 1 aromatic rings. The average molecular weight is 862 g/mol. The summed E-state index contributed by atoms with van der Waals surface area (Å²) in [5.74, 6) is -12.6. The van der Waals surface area contributed by atoms with Crippen LogP contribution in [0, 0.1) is 0 Å². The first-order valence-electron chi connectivity index (χ1n) is 19.3. The third kappa shape index (κ3) is 15.5. The standard InChI is InChI=1S/C37H51N9O15/c1-18(47)30(45-27(49)17-40-31(54)22(14-26(38)48)41-34(57)23(15-28(50)51)42-32(55)20-9-5-11-39-20)35(58)43-21(13-19-7-3-2-4-8-19)33(56)44-24(16-29(52)53)36(59)46-12-6-10-25(46)37(60)61/h2-4,7-8,18,20-25,30,39,47H,5-6,9-17H2,1H3,(H2,38,48)(H,40,54)(H,41,57)(H,42,55)(H,43,58)(H,44,56)(H,45,49)(H,50,51)(H,52,53)(H,60,61)/t18-,20+,21+,22+,23+,24+,25+,30+/m1/s1. The van der Waals surface area contributed by atoms with Crippen molar-refractivity contribution >= 4 is 65.2 Å². The van der Waals surface area contributed by atoms with E-state index in [1.807, 2.05) is 0 Å². The minimum absolute atomic E-state index is 0.00598. The summed E-state index contributed by atoms with van der Waals surface area (Å²) in [4.78, 5) is 140. The number of likely N-dealkylation sites (tertiary alicyclic amines) is 1. The number of carboxylic acids is 3. The fraction of sp³-hybridized carbons (Fsp3) is 0.541. The number of hydrogen-bond acceptors (Lipinski definition) is 13. The largest absolute Gasteiger partial charge is 0.481 e. The van der Waals surface area contributed by atoms with E-state index in [9.17, 15) is 73.2 Å². The van der Waals surface area contributed by atoms with Crippen LogP contribution in [0.1, 0.15) is 57.4 Å². The second kappa shape index (κ2) is 23.2. The number of benzene rings is 1. The van der Waals surface area contributed by atoms with Gasteiger partial charge in [0.25, 0.3) is 0 Å². The van der Waals surface area contributed by atoms with Crippen molar-refractivity contribution in [3.05, 3.63) is 35.9 Å². The number of carbonyl (C=O) groups is 11. The van der Waals surface area contributed by atoms with Gasteiger partial charge in [0.1, 0.15) is 36.3 Å². The Balaban J connectivity index is 1.72. The number of aliphatic hydroxyl groups excluding tert-OH is 1. The molecule has 8 amide bonds. The van der Waals surface area contributed by atoms with Gasteiger partial charge >= 0.3 is 17.9 Å². The fourth-order valence-electron chi connectivity index (χ4n) is 6.62. The highest BCUT2D eigenvalue weighted by atomic mass is 16.4. The molecular weight excluding hydrogens is 810 g/mol. The van der Waals surface area contributed by atoms with Crippen LogP contribution in [0.5, 0.6) is 0 Å². The Morgan fingerprint density at radius 1 is 0.738 bits per heavy atom. The monoisotopic (exact) mass is 861 g/mol. The van der Waals surface area contributed by atoms with Crippen LogP contribution >= 0.6 is 0 Å². The molecule has 2 fully saturated rings. The molecule has 3 rings (SSSR count). The van der Waals surface area contributed by atoms with Gasteiger partial charge in [-0.25, -0.2) is 4.79 Å². The molecule has 24 nitrogen and oxygen atoms in total. The lowest BCUT2D eigenvalue weighted by atomic mass is 10.0. The number of carbonyl (C=O) groups excluding carboxylic acids is 8.